The van der Waals surface area contributed by atoms with Gasteiger partial charge in [0.2, 0.25) is 0 Å². The van der Waals surface area contributed by atoms with Crippen LogP contribution in [-0.4, -0.2) is 10.9 Å². The summed E-state index contributed by atoms with van der Waals surface area (Å²) < 4.78 is 0. The maximum atomic E-state index is 4.78. The summed E-state index contributed by atoms with van der Waals surface area (Å²) in [6.45, 7) is 2.19. The number of amidine groups is 1. The summed E-state index contributed by atoms with van der Waals surface area (Å²) in [5.74, 6) is 1.03. The smallest absolute Gasteiger partial charge is 0.157 e. The molecule has 1 aliphatic rings. The summed E-state index contributed by atoms with van der Waals surface area (Å²) in [4.78, 5) is 6.13. The van der Waals surface area contributed by atoms with Crippen LogP contribution in [0.25, 0.3) is 0 Å². The van der Waals surface area contributed by atoms with Crippen LogP contribution in [0.2, 0.25) is 0 Å². The molecule has 1 N–H and O–H groups in total. The first-order chi connectivity index (χ1) is 9.33. The molecule has 0 radical (unpaired) electrons. The monoisotopic (exact) mass is 288 g/mol. The van der Waals surface area contributed by atoms with Crippen LogP contribution in [0.1, 0.15) is 29.4 Å². The van der Waals surface area contributed by atoms with Crippen LogP contribution in [0.3, 0.4) is 0 Å². The molecule has 2 atom stereocenters. The second-order valence-corrected chi connectivity index (χ2v) is 6.54. The molecule has 0 fully saturated rings. The average molecular weight is 288 g/mol. The van der Waals surface area contributed by atoms with Crippen molar-refractivity contribution in [3.8, 4) is 0 Å². The van der Waals surface area contributed by atoms with E-state index in [-0.39, 0.29) is 0 Å². The van der Waals surface area contributed by atoms with E-state index in [2.05, 4.69) is 54.0 Å². The predicted molar refractivity (Wildman–Crippen MR) is 84.9 cm³/mol. The zero-order chi connectivity index (χ0) is 13.1. The first-order valence-corrected chi connectivity index (χ1v) is 8.25. The van der Waals surface area contributed by atoms with Crippen molar-refractivity contribution in [2.24, 2.45) is 4.99 Å². The topological polar surface area (TPSA) is 24.4 Å². The summed E-state index contributed by atoms with van der Waals surface area (Å²) in [5.41, 5.74) is 1.30. The maximum absolute atomic E-state index is 4.78. The molecule has 2 aromatic rings. The molecular weight excluding hydrogens is 272 g/mol. The van der Waals surface area contributed by atoms with E-state index in [1.165, 1.54) is 10.4 Å². The zero-order valence-corrected chi connectivity index (χ0v) is 12.4. The molecule has 19 heavy (non-hydrogen) atoms. The first-order valence-electron chi connectivity index (χ1n) is 6.38. The highest BCUT2D eigenvalue weighted by atomic mass is 32.2. The van der Waals surface area contributed by atoms with Crippen LogP contribution in [0, 0.1) is 0 Å². The van der Waals surface area contributed by atoms with Crippen LogP contribution in [0.5, 0.6) is 0 Å². The van der Waals surface area contributed by atoms with Gasteiger partial charge in [0.05, 0.1) is 12.1 Å². The van der Waals surface area contributed by atoms with Crippen molar-refractivity contribution in [1.82, 2.24) is 5.32 Å². The van der Waals surface area contributed by atoms with Gasteiger partial charge in [-0.25, -0.2) is 0 Å². The number of nitrogens with one attached hydrogen (secondary N) is 1. The number of rotatable bonds is 3. The molecule has 2 unspecified atom stereocenters. The van der Waals surface area contributed by atoms with Crippen LogP contribution in [-0.2, 0) is 0 Å². The van der Waals surface area contributed by atoms with Crippen molar-refractivity contribution in [2.45, 2.75) is 19.0 Å². The lowest BCUT2D eigenvalue weighted by Gasteiger charge is -2.12. The summed E-state index contributed by atoms with van der Waals surface area (Å²) in [5, 5.41) is 6.68. The molecular formula is C15H16N2S2. The minimum atomic E-state index is 0.296. The summed E-state index contributed by atoms with van der Waals surface area (Å²) >= 11 is 3.60. The summed E-state index contributed by atoms with van der Waals surface area (Å²) in [7, 11) is 0. The Bertz CT molecular complexity index is 549. The quantitative estimate of drug-likeness (QED) is 0.913. The van der Waals surface area contributed by atoms with E-state index in [1.807, 2.05) is 17.8 Å². The number of hydrogen-bond donors (Lipinski definition) is 1. The Balaban J connectivity index is 1.67. The minimum Gasteiger partial charge on any atom is -0.358 e. The number of thioether (sulfide) groups is 1. The van der Waals surface area contributed by atoms with Gasteiger partial charge in [-0.1, -0.05) is 48.2 Å². The van der Waals surface area contributed by atoms with Crippen molar-refractivity contribution < 1.29 is 0 Å². The van der Waals surface area contributed by atoms with Gasteiger partial charge in [0.25, 0.3) is 0 Å². The molecule has 0 amide bonds. The average Bonchev–Trinajstić information content (AvgIpc) is 3.11. The normalized spacial score (nSPS) is 20.1. The van der Waals surface area contributed by atoms with Gasteiger partial charge < -0.3 is 5.32 Å². The highest BCUT2D eigenvalue weighted by Crippen LogP contribution is 2.30. The van der Waals surface area contributed by atoms with E-state index >= 15 is 0 Å². The van der Waals surface area contributed by atoms with Gasteiger partial charge >= 0.3 is 0 Å². The van der Waals surface area contributed by atoms with Crippen molar-refractivity contribution in [1.29, 1.82) is 0 Å². The number of benzene rings is 1. The maximum Gasteiger partial charge on any atom is 0.157 e. The fourth-order valence-corrected chi connectivity index (χ4v) is 3.87. The Morgan fingerprint density at radius 2 is 2.05 bits per heavy atom. The van der Waals surface area contributed by atoms with Gasteiger partial charge in [-0.2, -0.15) is 0 Å². The molecule has 0 aliphatic carbocycles. The van der Waals surface area contributed by atoms with Crippen LogP contribution in [0.4, 0.5) is 0 Å². The Labute approximate surface area is 122 Å². The van der Waals surface area contributed by atoms with Crippen LogP contribution in [0.15, 0.2) is 52.8 Å². The number of hydrogen-bond acceptors (Lipinski definition) is 4. The van der Waals surface area contributed by atoms with E-state index in [9.17, 15) is 0 Å². The lowest BCUT2D eigenvalue weighted by Crippen LogP contribution is -2.22. The Morgan fingerprint density at radius 3 is 2.79 bits per heavy atom. The van der Waals surface area contributed by atoms with E-state index < -0.39 is 0 Å². The van der Waals surface area contributed by atoms with Crippen molar-refractivity contribution in [2.75, 3.05) is 5.75 Å². The van der Waals surface area contributed by atoms with E-state index in [0.717, 1.165) is 10.9 Å². The van der Waals surface area contributed by atoms with E-state index in [4.69, 9.17) is 4.99 Å². The van der Waals surface area contributed by atoms with Gasteiger partial charge in [-0.15, -0.1) is 11.3 Å². The second-order valence-electron chi connectivity index (χ2n) is 4.55. The summed E-state index contributed by atoms with van der Waals surface area (Å²) in [6.07, 6.45) is 0. The van der Waals surface area contributed by atoms with Gasteiger partial charge in [0, 0.05) is 10.6 Å². The second kappa shape index (κ2) is 5.80. The largest absolute Gasteiger partial charge is 0.358 e. The van der Waals surface area contributed by atoms with E-state index in [0.29, 0.717) is 12.1 Å². The third-order valence-corrected chi connectivity index (χ3v) is 5.18. The minimum absolute atomic E-state index is 0.296. The predicted octanol–water partition coefficient (Wildman–Crippen LogP) is 4.24. The number of thiophene rings is 1. The third-order valence-electron chi connectivity index (χ3n) is 3.15. The molecule has 0 saturated heterocycles. The fraction of sp³-hybridized carbons (Fsp3) is 0.267. The highest BCUT2D eigenvalue weighted by Gasteiger charge is 2.21. The molecule has 0 spiro atoms. The summed E-state index contributed by atoms with van der Waals surface area (Å²) in [6, 6.07) is 15.4. The van der Waals surface area contributed by atoms with Gasteiger partial charge in [-0.05, 0) is 23.9 Å². The van der Waals surface area contributed by atoms with Crippen LogP contribution >= 0.6 is 23.1 Å². The molecule has 1 aromatic heterocycles. The fourth-order valence-electron chi connectivity index (χ4n) is 2.09. The molecule has 2 nitrogen and oxygen atoms in total. The van der Waals surface area contributed by atoms with Gasteiger partial charge in [0.15, 0.2) is 5.17 Å². The lowest BCUT2D eigenvalue weighted by atomic mass is 10.1. The Morgan fingerprint density at radius 1 is 1.21 bits per heavy atom. The van der Waals surface area contributed by atoms with Gasteiger partial charge in [0.1, 0.15) is 0 Å². The Hall–Kier alpha value is -1.26. The van der Waals surface area contributed by atoms with Gasteiger partial charge in [-0.3, -0.25) is 4.99 Å². The number of aliphatic imine (C=N–C) groups is 1. The van der Waals surface area contributed by atoms with Crippen LogP contribution < -0.4 is 5.32 Å². The van der Waals surface area contributed by atoms with Crippen molar-refractivity contribution >= 4 is 28.3 Å². The molecule has 3 rings (SSSR count). The third kappa shape index (κ3) is 3.01. The molecule has 1 aliphatic heterocycles. The standard InChI is InChI=1S/C15H16N2S2/c1-11(14-8-5-9-18-14)16-15-17-13(10-19-15)12-6-3-2-4-7-12/h2-9,11,13H,10H2,1H3,(H,16,17). The zero-order valence-electron chi connectivity index (χ0n) is 10.7. The SMILES string of the molecule is CC(NC1=NC(c2ccccc2)CS1)c1cccs1. The molecule has 0 bridgehead atoms. The van der Waals surface area contributed by atoms with Crippen molar-refractivity contribution in [3.63, 3.8) is 0 Å². The Kier molecular flexibility index (Phi) is 3.89. The van der Waals surface area contributed by atoms with E-state index in [1.54, 1.807) is 11.3 Å². The first kappa shape index (κ1) is 12.8. The lowest BCUT2D eigenvalue weighted by molar-refractivity contribution is 0.731. The highest BCUT2D eigenvalue weighted by molar-refractivity contribution is 8.14. The molecule has 98 valence electrons. The molecule has 2 heterocycles. The number of nitrogens with zero attached hydrogens (tertiary/aromatic N) is 1. The molecule has 1 aromatic carbocycles. The molecule has 0 saturated carbocycles. The van der Waals surface area contributed by atoms with Crippen molar-refractivity contribution in [3.05, 3.63) is 58.3 Å². The molecule has 4 heteroatoms.